The molecular formula is C28H36O2S. The van der Waals surface area contributed by atoms with E-state index in [1.54, 1.807) is 11.3 Å². The van der Waals surface area contributed by atoms with E-state index in [9.17, 15) is 9.90 Å². The standard InChI is InChI=1S/C28H36O2S/c1-27(30)13-11-18-17(15-27)7-8-20-19(18)12-14-28(2)23(20)9-10-24(28)26(29)22-16-31-25-6-4-3-5-21(22)25/h3-6,16-20,23-24,30H,7-15H2,1-2H3/t17-,18+,19-,20-,23+,24-,27-,28+/m1/s1. The molecule has 31 heavy (non-hydrogen) atoms. The Balaban J connectivity index is 1.26. The summed E-state index contributed by atoms with van der Waals surface area (Å²) < 4.78 is 1.24. The number of hydrogen-bond donors (Lipinski definition) is 1. The summed E-state index contributed by atoms with van der Waals surface area (Å²) in [6.07, 6.45) is 10.7. The van der Waals surface area contributed by atoms with Gasteiger partial charge in [0.15, 0.2) is 5.78 Å². The molecule has 4 saturated carbocycles. The van der Waals surface area contributed by atoms with Gasteiger partial charge >= 0.3 is 0 Å². The topological polar surface area (TPSA) is 37.3 Å². The first kappa shape index (κ1) is 20.4. The fourth-order valence-corrected chi connectivity index (χ4v) is 9.82. The number of hydrogen-bond acceptors (Lipinski definition) is 3. The first-order chi connectivity index (χ1) is 14.9. The van der Waals surface area contributed by atoms with E-state index in [1.807, 2.05) is 0 Å². The van der Waals surface area contributed by atoms with Crippen LogP contribution in [0, 0.1) is 40.9 Å². The number of benzene rings is 1. The van der Waals surface area contributed by atoms with Gasteiger partial charge in [0.25, 0.3) is 0 Å². The average Bonchev–Trinajstić information content (AvgIpc) is 3.33. The van der Waals surface area contributed by atoms with Gasteiger partial charge in [-0.25, -0.2) is 0 Å². The summed E-state index contributed by atoms with van der Waals surface area (Å²) in [5, 5.41) is 13.9. The van der Waals surface area contributed by atoms with Crippen LogP contribution in [-0.2, 0) is 0 Å². The molecule has 2 aromatic rings. The van der Waals surface area contributed by atoms with Gasteiger partial charge in [-0.2, -0.15) is 0 Å². The van der Waals surface area contributed by atoms with Crippen molar-refractivity contribution in [1.29, 1.82) is 0 Å². The highest BCUT2D eigenvalue weighted by atomic mass is 32.1. The van der Waals surface area contributed by atoms with Crippen molar-refractivity contribution in [3.63, 3.8) is 0 Å². The van der Waals surface area contributed by atoms with Crippen LogP contribution in [0.2, 0.25) is 0 Å². The van der Waals surface area contributed by atoms with Crippen LogP contribution in [0.15, 0.2) is 29.6 Å². The summed E-state index contributed by atoms with van der Waals surface area (Å²) in [5.41, 5.74) is 0.715. The van der Waals surface area contributed by atoms with Crippen molar-refractivity contribution in [3.8, 4) is 0 Å². The molecule has 1 aromatic heterocycles. The molecule has 0 amide bonds. The highest BCUT2D eigenvalue weighted by molar-refractivity contribution is 7.17. The van der Waals surface area contributed by atoms with E-state index < -0.39 is 5.60 Å². The van der Waals surface area contributed by atoms with Gasteiger partial charge in [-0.1, -0.05) is 25.1 Å². The van der Waals surface area contributed by atoms with Gasteiger partial charge in [-0.3, -0.25) is 4.79 Å². The molecule has 4 aliphatic rings. The van der Waals surface area contributed by atoms with Crippen molar-refractivity contribution in [3.05, 3.63) is 35.2 Å². The van der Waals surface area contributed by atoms with E-state index in [1.165, 1.54) is 43.2 Å². The molecule has 166 valence electrons. The molecule has 0 aliphatic heterocycles. The van der Waals surface area contributed by atoms with E-state index in [0.717, 1.165) is 53.9 Å². The van der Waals surface area contributed by atoms with Gasteiger partial charge < -0.3 is 5.11 Å². The maximum absolute atomic E-state index is 13.8. The fraction of sp³-hybridized carbons (Fsp3) is 0.679. The molecule has 1 aromatic carbocycles. The minimum absolute atomic E-state index is 0.175. The van der Waals surface area contributed by atoms with Crippen molar-refractivity contribution in [2.24, 2.45) is 40.9 Å². The maximum Gasteiger partial charge on any atom is 0.167 e. The Morgan fingerprint density at radius 1 is 0.968 bits per heavy atom. The quantitative estimate of drug-likeness (QED) is 0.510. The molecule has 8 atom stereocenters. The first-order valence-electron chi connectivity index (χ1n) is 12.6. The lowest BCUT2D eigenvalue weighted by atomic mass is 9.49. The number of thiophene rings is 1. The molecule has 0 unspecified atom stereocenters. The van der Waals surface area contributed by atoms with Crippen LogP contribution >= 0.6 is 11.3 Å². The third kappa shape index (κ3) is 3.09. The smallest absolute Gasteiger partial charge is 0.167 e. The second kappa shape index (κ2) is 7.15. The van der Waals surface area contributed by atoms with Crippen LogP contribution < -0.4 is 0 Å². The lowest BCUT2D eigenvalue weighted by Gasteiger charge is -2.56. The van der Waals surface area contributed by atoms with Gasteiger partial charge in [-0.05, 0) is 106 Å². The number of Topliss-reactive ketones (excluding diaryl/α,β-unsaturated/α-hetero) is 1. The van der Waals surface area contributed by atoms with E-state index in [-0.39, 0.29) is 11.3 Å². The molecule has 0 spiro atoms. The van der Waals surface area contributed by atoms with Crippen molar-refractivity contribution < 1.29 is 9.90 Å². The number of rotatable bonds is 2. The maximum atomic E-state index is 13.8. The van der Waals surface area contributed by atoms with Gasteiger partial charge in [0.2, 0.25) is 0 Å². The number of aliphatic hydroxyl groups is 1. The first-order valence-corrected chi connectivity index (χ1v) is 13.5. The zero-order valence-corrected chi connectivity index (χ0v) is 19.8. The largest absolute Gasteiger partial charge is 0.390 e. The third-order valence-corrected chi connectivity index (χ3v) is 11.3. The van der Waals surface area contributed by atoms with E-state index in [2.05, 4.69) is 43.5 Å². The van der Waals surface area contributed by atoms with E-state index in [0.29, 0.717) is 11.7 Å². The lowest BCUT2D eigenvalue weighted by Crippen LogP contribution is -2.51. The fourth-order valence-electron chi connectivity index (χ4n) is 8.87. The Morgan fingerprint density at radius 3 is 2.65 bits per heavy atom. The van der Waals surface area contributed by atoms with Gasteiger partial charge in [0.05, 0.1) is 5.60 Å². The summed E-state index contributed by atoms with van der Waals surface area (Å²) in [6.45, 7) is 4.52. The highest BCUT2D eigenvalue weighted by Crippen LogP contribution is 2.65. The van der Waals surface area contributed by atoms with Crippen molar-refractivity contribution in [1.82, 2.24) is 0 Å². The minimum Gasteiger partial charge on any atom is -0.390 e. The summed E-state index contributed by atoms with van der Waals surface area (Å²) >= 11 is 1.72. The van der Waals surface area contributed by atoms with Gasteiger partial charge in [0, 0.05) is 26.9 Å². The molecule has 3 heteroatoms. The Labute approximate surface area is 190 Å². The zero-order chi connectivity index (χ0) is 21.4. The predicted molar refractivity (Wildman–Crippen MR) is 127 cm³/mol. The average molecular weight is 437 g/mol. The minimum atomic E-state index is -0.439. The van der Waals surface area contributed by atoms with Gasteiger partial charge in [0.1, 0.15) is 0 Å². The van der Waals surface area contributed by atoms with Crippen molar-refractivity contribution in [2.45, 2.75) is 77.2 Å². The second-order valence-corrected chi connectivity index (χ2v) is 12.8. The summed E-state index contributed by atoms with van der Waals surface area (Å²) in [4.78, 5) is 13.8. The summed E-state index contributed by atoms with van der Waals surface area (Å²) in [7, 11) is 0. The predicted octanol–water partition coefficient (Wildman–Crippen LogP) is 7.10. The normalized spacial score (nSPS) is 44.5. The number of fused-ring (bicyclic) bond motifs is 6. The molecule has 4 fully saturated rings. The molecule has 0 saturated heterocycles. The number of ketones is 1. The van der Waals surface area contributed by atoms with Crippen LogP contribution in [0.25, 0.3) is 10.1 Å². The molecule has 2 nitrogen and oxygen atoms in total. The number of carbonyl (C=O) groups excluding carboxylic acids is 1. The Hall–Kier alpha value is -1.19. The molecular weight excluding hydrogens is 400 g/mol. The van der Waals surface area contributed by atoms with Crippen molar-refractivity contribution in [2.75, 3.05) is 0 Å². The van der Waals surface area contributed by atoms with Crippen LogP contribution in [-0.4, -0.2) is 16.5 Å². The zero-order valence-electron chi connectivity index (χ0n) is 19.0. The monoisotopic (exact) mass is 436 g/mol. The van der Waals surface area contributed by atoms with Crippen molar-refractivity contribution >= 4 is 27.2 Å². The third-order valence-electron chi connectivity index (χ3n) is 10.3. The summed E-state index contributed by atoms with van der Waals surface area (Å²) in [5.74, 6) is 4.52. The van der Waals surface area contributed by atoms with E-state index >= 15 is 0 Å². The Morgan fingerprint density at radius 2 is 1.77 bits per heavy atom. The molecule has 0 radical (unpaired) electrons. The second-order valence-electron chi connectivity index (χ2n) is 11.9. The molecule has 6 rings (SSSR count). The highest BCUT2D eigenvalue weighted by Gasteiger charge is 2.58. The number of carbonyl (C=O) groups is 1. The molecule has 1 heterocycles. The van der Waals surface area contributed by atoms with E-state index in [4.69, 9.17) is 0 Å². The molecule has 4 aliphatic carbocycles. The molecule has 0 bridgehead atoms. The van der Waals surface area contributed by atoms with Gasteiger partial charge in [-0.15, -0.1) is 11.3 Å². The Kier molecular flexibility index (Phi) is 4.71. The molecule has 1 N–H and O–H groups in total. The SMILES string of the molecule is C[C@@]1(O)CC[C@H]2[C@H](CC[C@@H]3[C@@H]2CC[C@]2(C)[C@@H](C(=O)c4csc5ccccc45)CC[C@@H]32)C1. The van der Waals surface area contributed by atoms with Crippen LogP contribution in [0.5, 0.6) is 0 Å². The lowest BCUT2D eigenvalue weighted by molar-refractivity contribution is -0.0976. The van der Waals surface area contributed by atoms with Crippen LogP contribution in [0.4, 0.5) is 0 Å². The summed E-state index contributed by atoms with van der Waals surface area (Å²) in [6, 6.07) is 8.41. The van der Waals surface area contributed by atoms with Crippen LogP contribution in [0.3, 0.4) is 0 Å². The van der Waals surface area contributed by atoms with Crippen LogP contribution in [0.1, 0.15) is 82.0 Å². The Bertz CT molecular complexity index is 1010.